The zero-order valence-corrected chi connectivity index (χ0v) is 10.6. The third kappa shape index (κ3) is 3.87. The van der Waals surface area contributed by atoms with Crippen molar-refractivity contribution in [3.8, 4) is 0 Å². The summed E-state index contributed by atoms with van der Waals surface area (Å²) in [6.45, 7) is 2.76. The first-order valence-electron chi connectivity index (χ1n) is 4.64. The van der Waals surface area contributed by atoms with E-state index in [1.807, 2.05) is 0 Å². The molecule has 0 unspecified atom stereocenters. The molecule has 0 aromatic carbocycles. The largest absolute Gasteiger partial charge is 0.339 e. The van der Waals surface area contributed by atoms with Gasteiger partial charge in [0.1, 0.15) is 0 Å². The molecule has 1 heterocycles. The van der Waals surface area contributed by atoms with Gasteiger partial charge in [-0.25, -0.2) is 5.14 Å². The van der Waals surface area contributed by atoms with Gasteiger partial charge >= 0.3 is 0 Å². The van der Waals surface area contributed by atoms with E-state index in [9.17, 15) is 13.2 Å². The van der Waals surface area contributed by atoms with Gasteiger partial charge in [-0.1, -0.05) is 0 Å². The van der Waals surface area contributed by atoms with Crippen molar-refractivity contribution >= 4 is 28.5 Å². The van der Waals surface area contributed by atoms with Gasteiger partial charge in [0.15, 0.2) is 0 Å². The molecule has 0 aromatic heterocycles. The fraction of sp³-hybridized carbons (Fsp3) is 0.857. The number of rotatable bonds is 2. The van der Waals surface area contributed by atoms with Crippen LogP contribution in [0.25, 0.3) is 0 Å². The summed E-state index contributed by atoms with van der Waals surface area (Å²) in [6.07, 6.45) is 0. The Bertz CT molecular complexity index is 338. The Balaban J connectivity index is 0.00000225. The lowest BCUT2D eigenvalue weighted by Gasteiger charge is -2.33. The van der Waals surface area contributed by atoms with E-state index in [0.717, 1.165) is 4.31 Å². The van der Waals surface area contributed by atoms with Crippen LogP contribution in [0.2, 0.25) is 0 Å². The number of carbonyl (C=O) groups excluding carboxylic acids is 1. The molecule has 1 aliphatic heterocycles. The van der Waals surface area contributed by atoms with Crippen molar-refractivity contribution in [1.29, 1.82) is 0 Å². The van der Waals surface area contributed by atoms with E-state index < -0.39 is 16.3 Å². The minimum atomic E-state index is -3.63. The van der Waals surface area contributed by atoms with Gasteiger partial charge in [-0.3, -0.25) is 4.79 Å². The van der Waals surface area contributed by atoms with Gasteiger partial charge in [0.05, 0.1) is 6.04 Å². The SMILES string of the molecule is C[C@@H](N)C(=O)N1CCN(S(N)(=O)=O)CC1.Cl. The molecule has 4 N–H and O–H groups in total. The summed E-state index contributed by atoms with van der Waals surface area (Å²) in [5.41, 5.74) is 5.44. The highest BCUT2D eigenvalue weighted by Crippen LogP contribution is 2.05. The lowest BCUT2D eigenvalue weighted by Crippen LogP contribution is -2.54. The Morgan fingerprint density at radius 3 is 2.00 bits per heavy atom. The Labute approximate surface area is 101 Å². The van der Waals surface area contributed by atoms with Crippen LogP contribution in [0.3, 0.4) is 0 Å². The maximum atomic E-state index is 11.5. The topological polar surface area (TPSA) is 110 Å². The van der Waals surface area contributed by atoms with Crippen molar-refractivity contribution in [1.82, 2.24) is 9.21 Å². The molecule has 0 radical (unpaired) electrons. The normalized spacial score (nSPS) is 20.1. The summed E-state index contributed by atoms with van der Waals surface area (Å²) >= 11 is 0. The zero-order chi connectivity index (χ0) is 11.6. The van der Waals surface area contributed by atoms with E-state index in [-0.39, 0.29) is 31.4 Å². The molecule has 1 saturated heterocycles. The molecule has 16 heavy (non-hydrogen) atoms. The van der Waals surface area contributed by atoms with Gasteiger partial charge < -0.3 is 10.6 Å². The molecule has 0 saturated carbocycles. The Hall–Kier alpha value is -0.410. The second-order valence-electron chi connectivity index (χ2n) is 3.56. The monoisotopic (exact) mass is 272 g/mol. The average molecular weight is 273 g/mol. The number of hydrogen-bond acceptors (Lipinski definition) is 4. The zero-order valence-electron chi connectivity index (χ0n) is 9.00. The molecule has 0 spiro atoms. The van der Waals surface area contributed by atoms with Crippen LogP contribution in [-0.2, 0) is 15.0 Å². The second kappa shape index (κ2) is 5.78. The summed E-state index contributed by atoms with van der Waals surface area (Å²) in [5, 5.41) is 4.96. The third-order valence-corrected chi connectivity index (χ3v) is 3.38. The molecule has 0 bridgehead atoms. The van der Waals surface area contributed by atoms with Gasteiger partial charge in [-0.2, -0.15) is 12.7 Å². The number of carbonyl (C=O) groups is 1. The highest BCUT2D eigenvalue weighted by molar-refractivity contribution is 7.86. The number of piperazine rings is 1. The van der Waals surface area contributed by atoms with Gasteiger partial charge in [0.25, 0.3) is 10.2 Å². The first-order chi connectivity index (χ1) is 6.82. The van der Waals surface area contributed by atoms with Crippen molar-refractivity contribution in [2.24, 2.45) is 10.9 Å². The van der Waals surface area contributed by atoms with E-state index in [1.54, 1.807) is 11.8 Å². The summed E-state index contributed by atoms with van der Waals surface area (Å²) in [5.74, 6) is -0.163. The number of nitrogens with zero attached hydrogens (tertiary/aromatic N) is 2. The fourth-order valence-electron chi connectivity index (χ4n) is 1.45. The average Bonchev–Trinajstić information content (AvgIpc) is 2.15. The highest BCUT2D eigenvalue weighted by Gasteiger charge is 2.27. The lowest BCUT2D eigenvalue weighted by molar-refractivity contribution is -0.133. The fourth-order valence-corrected chi connectivity index (χ4v) is 2.12. The lowest BCUT2D eigenvalue weighted by atomic mass is 10.2. The molecule has 0 aliphatic carbocycles. The molecular weight excluding hydrogens is 256 g/mol. The highest BCUT2D eigenvalue weighted by atomic mass is 35.5. The maximum absolute atomic E-state index is 11.5. The van der Waals surface area contributed by atoms with Crippen LogP contribution in [0, 0.1) is 0 Å². The van der Waals surface area contributed by atoms with Crippen LogP contribution in [0.1, 0.15) is 6.92 Å². The standard InChI is InChI=1S/C7H16N4O3S.ClH/c1-6(8)7(12)10-2-4-11(5-3-10)15(9,13)14;/h6H,2-5,8H2,1H3,(H2,9,13,14);1H/t6-;/m1./s1. The third-order valence-electron chi connectivity index (χ3n) is 2.30. The van der Waals surface area contributed by atoms with Crippen LogP contribution in [-0.4, -0.2) is 55.8 Å². The van der Waals surface area contributed by atoms with Gasteiger partial charge in [-0.05, 0) is 6.92 Å². The first-order valence-corrected chi connectivity index (χ1v) is 6.15. The molecule has 96 valence electrons. The summed E-state index contributed by atoms with van der Waals surface area (Å²) < 4.78 is 23.1. The quantitative estimate of drug-likeness (QED) is 0.612. The van der Waals surface area contributed by atoms with E-state index >= 15 is 0 Å². The van der Waals surface area contributed by atoms with Crippen molar-refractivity contribution in [3.63, 3.8) is 0 Å². The molecule has 1 fully saturated rings. The second-order valence-corrected chi connectivity index (χ2v) is 5.10. The summed E-state index contributed by atoms with van der Waals surface area (Å²) in [7, 11) is -3.63. The number of halogens is 1. The molecule has 1 atom stereocenters. The van der Waals surface area contributed by atoms with Gasteiger partial charge in [-0.15, -0.1) is 12.4 Å². The first kappa shape index (κ1) is 15.6. The molecule has 1 rings (SSSR count). The number of nitrogens with two attached hydrogens (primary N) is 2. The predicted octanol–water partition coefficient (Wildman–Crippen LogP) is -1.90. The van der Waals surface area contributed by atoms with Crippen molar-refractivity contribution in [2.75, 3.05) is 26.2 Å². The number of amides is 1. The van der Waals surface area contributed by atoms with Gasteiger partial charge in [0, 0.05) is 26.2 Å². The maximum Gasteiger partial charge on any atom is 0.277 e. The Kier molecular flexibility index (Phi) is 5.63. The van der Waals surface area contributed by atoms with Crippen molar-refractivity contribution in [3.05, 3.63) is 0 Å². The van der Waals surface area contributed by atoms with E-state index in [1.165, 1.54) is 0 Å². The van der Waals surface area contributed by atoms with Crippen LogP contribution in [0.15, 0.2) is 0 Å². The Morgan fingerprint density at radius 1 is 1.25 bits per heavy atom. The minimum Gasteiger partial charge on any atom is -0.339 e. The van der Waals surface area contributed by atoms with Gasteiger partial charge in [0.2, 0.25) is 5.91 Å². The van der Waals surface area contributed by atoms with Crippen LogP contribution in [0.5, 0.6) is 0 Å². The smallest absolute Gasteiger partial charge is 0.277 e. The van der Waals surface area contributed by atoms with Crippen molar-refractivity contribution < 1.29 is 13.2 Å². The van der Waals surface area contributed by atoms with E-state index in [2.05, 4.69) is 0 Å². The molecule has 1 amide bonds. The molecule has 9 heteroatoms. The van der Waals surface area contributed by atoms with E-state index in [4.69, 9.17) is 10.9 Å². The van der Waals surface area contributed by atoms with Crippen LogP contribution in [0.4, 0.5) is 0 Å². The summed E-state index contributed by atoms with van der Waals surface area (Å²) in [4.78, 5) is 13.0. The van der Waals surface area contributed by atoms with Crippen LogP contribution >= 0.6 is 12.4 Å². The number of hydrogen-bond donors (Lipinski definition) is 2. The molecule has 1 aliphatic rings. The molecular formula is C7H17ClN4O3S. The van der Waals surface area contributed by atoms with Crippen LogP contribution < -0.4 is 10.9 Å². The van der Waals surface area contributed by atoms with Crippen molar-refractivity contribution in [2.45, 2.75) is 13.0 Å². The van der Waals surface area contributed by atoms with E-state index in [0.29, 0.717) is 13.1 Å². The summed E-state index contributed by atoms with van der Waals surface area (Å²) in [6, 6.07) is -0.550. The molecule has 0 aromatic rings. The molecule has 7 nitrogen and oxygen atoms in total. The minimum absolute atomic E-state index is 0. The Morgan fingerprint density at radius 2 is 1.69 bits per heavy atom. The predicted molar refractivity (Wildman–Crippen MR) is 62.2 cm³/mol.